The zero-order chi connectivity index (χ0) is 20.2. The molecule has 8 heteroatoms. The Morgan fingerprint density at radius 3 is 2.48 bits per heavy atom. The van der Waals surface area contributed by atoms with Crippen molar-refractivity contribution in [2.45, 2.75) is 6.92 Å². The van der Waals surface area contributed by atoms with Crippen LogP contribution >= 0.6 is 11.6 Å². The van der Waals surface area contributed by atoms with Crippen molar-refractivity contribution in [2.24, 2.45) is 0 Å². The number of carboxylic acid groups (broad SMARTS) is 1. The molecule has 0 amide bonds. The number of hydrogen-bond acceptors (Lipinski definition) is 4. The van der Waals surface area contributed by atoms with Crippen molar-refractivity contribution in [3.63, 3.8) is 0 Å². The van der Waals surface area contributed by atoms with Crippen molar-refractivity contribution >= 4 is 33.3 Å². The van der Waals surface area contributed by atoms with Gasteiger partial charge < -0.3 is 9.84 Å². The predicted octanol–water partition coefficient (Wildman–Crippen LogP) is 2.91. The molecular formula is C19H18ClNO5S. The molecule has 0 aromatic heterocycles. The highest BCUT2D eigenvalue weighted by atomic mass is 35.5. The van der Waals surface area contributed by atoms with Gasteiger partial charge in [0.1, 0.15) is 5.75 Å². The molecular weight excluding hydrogens is 390 g/mol. The van der Waals surface area contributed by atoms with Crippen LogP contribution in [0.15, 0.2) is 36.4 Å². The van der Waals surface area contributed by atoms with Crippen LogP contribution in [0.4, 0.5) is 5.69 Å². The molecule has 0 aliphatic carbocycles. The number of hydrogen-bond donors (Lipinski definition) is 1. The van der Waals surface area contributed by atoms with Gasteiger partial charge in [0.05, 0.1) is 17.5 Å². The summed E-state index contributed by atoms with van der Waals surface area (Å²) in [7, 11) is -1.92. The predicted molar refractivity (Wildman–Crippen MR) is 105 cm³/mol. The molecule has 1 N–H and O–H groups in total. The summed E-state index contributed by atoms with van der Waals surface area (Å²) >= 11 is 6.00. The lowest BCUT2D eigenvalue weighted by atomic mass is 10.1. The highest BCUT2D eigenvalue weighted by Crippen LogP contribution is 2.23. The Labute approximate surface area is 163 Å². The van der Waals surface area contributed by atoms with Crippen LogP contribution in [0.2, 0.25) is 5.02 Å². The Hall–Kier alpha value is -2.69. The van der Waals surface area contributed by atoms with Crippen molar-refractivity contribution < 1.29 is 23.1 Å². The van der Waals surface area contributed by atoms with E-state index in [-0.39, 0.29) is 0 Å². The van der Waals surface area contributed by atoms with E-state index in [1.165, 1.54) is 11.4 Å². The summed E-state index contributed by atoms with van der Waals surface area (Å²) in [5.41, 5.74) is 2.42. The quantitative estimate of drug-likeness (QED) is 0.770. The first-order valence-electron chi connectivity index (χ1n) is 7.78. The second-order valence-corrected chi connectivity index (χ2v) is 8.25. The molecule has 2 rings (SSSR count). The van der Waals surface area contributed by atoms with Gasteiger partial charge in [-0.15, -0.1) is 0 Å². The fourth-order valence-corrected chi connectivity index (χ4v) is 2.80. The lowest BCUT2D eigenvalue weighted by Gasteiger charge is -2.17. The molecule has 0 aliphatic heterocycles. The fraction of sp³-hybridized carbons (Fsp3) is 0.211. The third-order valence-corrected chi connectivity index (χ3v) is 5.15. The number of ether oxygens (including phenoxy) is 1. The SMILES string of the molecule is Cc1ccc(N(C)S(C)(=O)=O)cc1C#Cc1cc(Cl)ccc1OCC(=O)O. The number of sulfonamides is 1. The summed E-state index contributed by atoms with van der Waals surface area (Å²) in [4.78, 5) is 10.7. The molecule has 0 spiro atoms. The minimum absolute atomic E-state index is 0.302. The number of aryl methyl sites for hydroxylation is 1. The molecule has 0 atom stereocenters. The van der Waals surface area contributed by atoms with E-state index in [1.807, 2.05) is 6.92 Å². The van der Waals surface area contributed by atoms with Crippen LogP contribution in [-0.2, 0) is 14.8 Å². The zero-order valence-electron chi connectivity index (χ0n) is 15.0. The largest absolute Gasteiger partial charge is 0.481 e. The van der Waals surface area contributed by atoms with Gasteiger partial charge in [0.25, 0.3) is 0 Å². The number of carbonyl (C=O) groups is 1. The number of rotatable bonds is 5. The summed E-state index contributed by atoms with van der Waals surface area (Å²) in [6, 6.07) is 9.86. The first-order chi connectivity index (χ1) is 12.6. The maximum Gasteiger partial charge on any atom is 0.341 e. The molecule has 0 radical (unpaired) electrons. The molecule has 0 heterocycles. The second kappa shape index (κ2) is 8.33. The van der Waals surface area contributed by atoms with Gasteiger partial charge in [-0.1, -0.05) is 29.5 Å². The third-order valence-electron chi connectivity index (χ3n) is 3.71. The van der Waals surface area contributed by atoms with Crippen molar-refractivity contribution in [2.75, 3.05) is 24.2 Å². The number of nitrogens with zero attached hydrogens (tertiary/aromatic N) is 1. The Kier molecular flexibility index (Phi) is 6.37. The van der Waals surface area contributed by atoms with Gasteiger partial charge in [-0.25, -0.2) is 13.2 Å². The van der Waals surface area contributed by atoms with Gasteiger partial charge in [-0.05, 0) is 42.8 Å². The molecule has 0 saturated heterocycles. The summed E-state index contributed by atoms with van der Waals surface area (Å²) in [6.07, 6.45) is 1.12. The van der Waals surface area contributed by atoms with Crippen LogP contribution in [0, 0.1) is 18.8 Å². The number of carboxylic acids is 1. The highest BCUT2D eigenvalue weighted by molar-refractivity contribution is 7.92. The molecule has 6 nitrogen and oxygen atoms in total. The zero-order valence-corrected chi connectivity index (χ0v) is 16.6. The standard InChI is InChI=1S/C19H18ClNO5S/c1-13-4-8-17(21(2)27(3,24)25)11-14(13)5-6-15-10-16(20)7-9-18(15)26-12-19(22)23/h4,7-11H,12H2,1-3H3,(H,22,23). The first-order valence-corrected chi connectivity index (χ1v) is 10.0. The van der Waals surface area contributed by atoms with Crippen molar-refractivity contribution in [3.05, 3.63) is 58.1 Å². The topological polar surface area (TPSA) is 83.9 Å². The fourth-order valence-electron chi connectivity index (χ4n) is 2.13. The average Bonchev–Trinajstić information content (AvgIpc) is 2.58. The average molecular weight is 408 g/mol. The molecule has 0 saturated carbocycles. The molecule has 2 aromatic rings. The maximum absolute atomic E-state index is 11.7. The van der Waals surface area contributed by atoms with Gasteiger partial charge in [-0.2, -0.15) is 0 Å². The maximum atomic E-state index is 11.7. The van der Waals surface area contributed by atoms with Crippen LogP contribution in [-0.4, -0.2) is 39.4 Å². The Morgan fingerprint density at radius 1 is 1.19 bits per heavy atom. The smallest absolute Gasteiger partial charge is 0.341 e. The Morgan fingerprint density at radius 2 is 1.85 bits per heavy atom. The lowest BCUT2D eigenvalue weighted by molar-refractivity contribution is -0.139. The van der Waals surface area contributed by atoms with Crippen molar-refractivity contribution in [1.82, 2.24) is 0 Å². The van der Waals surface area contributed by atoms with Crippen molar-refractivity contribution in [1.29, 1.82) is 0 Å². The highest BCUT2D eigenvalue weighted by Gasteiger charge is 2.12. The molecule has 0 bridgehead atoms. The first kappa shape index (κ1) is 20.6. The van der Waals surface area contributed by atoms with E-state index in [0.717, 1.165) is 11.8 Å². The minimum Gasteiger partial charge on any atom is -0.481 e. The molecule has 0 unspecified atom stereocenters. The summed E-state index contributed by atoms with van der Waals surface area (Å²) in [5.74, 6) is 5.09. The van der Waals surface area contributed by atoms with Crippen LogP contribution in [0.3, 0.4) is 0 Å². The van der Waals surface area contributed by atoms with Crippen LogP contribution < -0.4 is 9.04 Å². The van der Waals surface area contributed by atoms with Gasteiger partial charge >= 0.3 is 5.97 Å². The van der Waals surface area contributed by atoms with E-state index in [2.05, 4.69) is 11.8 Å². The van der Waals surface area contributed by atoms with E-state index < -0.39 is 22.6 Å². The summed E-state index contributed by atoms with van der Waals surface area (Å²) in [6.45, 7) is 1.36. The van der Waals surface area contributed by atoms with Crippen LogP contribution in [0.1, 0.15) is 16.7 Å². The lowest BCUT2D eigenvalue weighted by Crippen LogP contribution is -2.24. The number of anilines is 1. The number of aliphatic carboxylic acids is 1. The van der Waals surface area contributed by atoms with E-state index in [9.17, 15) is 13.2 Å². The number of halogens is 1. The Bertz CT molecular complexity index is 1040. The van der Waals surface area contributed by atoms with E-state index >= 15 is 0 Å². The molecule has 27 heavy (non-hydrogen) atoms. The summed E-state index contributed by atoms with van der Waals surface area (Å²) in [5, 5.41) is 9.21. The van der Waals surface area contributed by atoms with E-state index in [1.54, 1.807) is 36.4 Å². The molecule has 0 aliphatic rings. The third kappa shape index (κ3) is 5.64. The van der Waals surface area contributed by atoms with E-state index in [4.69, 9.17) is 21.4 Å². The van der Waals surface area contributed by atoms with E-state index in [0.29, 0.717) is 27.6 Å². The normalized spacial score (nSPS) is 10.7. The molecule has 142 valence electrons. The van der Waals surface area contributed by atoms with Gasteiger partial charge in [0.15, 0.2) is 6.61 Å². The van der Waals surface area contributed by atoms with Crippen molar-refractivity contribution in [3.8, 4) is 17.6 Å². The summed E-state index contributed by atoms with van der Waals surface area (Å²) < 4.78 is 29.8. The number of benzene rings is 2. The van der Waals surface area contributed by atoms with Crippen LogP contribution in [0.5, 0.6) is 5.75 Å². The Balaban J connectivity index is 2.43. The van der Waals surface area contributed by atoms with Crippen LogP contribution in [0.25, 0.3) is 0 Å². The van der Waals surface area contributed by atoms with Gasteiger partial charge in [-0.3, -0.25) is 4.31 Å². The molecule has 0 fully saturated rings. The minimum atomic E-state index is -3.39. The van der Waals surface area contributed by atoms with Gasteiger partial charge in [0.2, 0.25) is 10.0 Å². The second-order valence-electron chi connectivity index (χ2n) is 5.80. The van der Waals surface area contributed by atoms with Gasteiger partial charge in [0, 0.05) is 17.6 Å². The molecule has 2 aromatic carbocycles. The monoisotopic (exact) mass is 407 g/mol.